The van der Waals surface area contributed by atoms with Crippen molar-refractivity contribution in [1.82, 2.24) is 9.97 Å². The van der Waals surface area contributed by atoms with Gasteiger partial charge in [0.25, 0.3) is 0 Å². The standard InChI is InChI=1S/C23H30N2O2/c1-3-4-5-6-7-8-9-10-11-21-16-19-17-24-23(25-22(19)26-21)27-20-14-12-18(2)13-15-20/h12-17H,3-11H2,1-2H3. The van der Waals surface area contributed by atoms with E-state index in [0.717, 1.165) is 29.7 Å². The van der Waals surface area contributed by atoms with Crippen LogP contribution in [-0.4, -0.2) is 9.97 Å². The maximum absolute atomic E-state index is 5.89. The zero-order chi connectivity index (χ0) is 18.9. The highest BCUT2D eigenvalue weighted by Crippen LogP contribution is 2.23. The van der Waals surface area contributed by atoms with Crippen molar-refractivity contribution in [1.29, 1.82) is 0 Å². The lowest BCUT2D eigenvalue weighted by molar-refractivity contribution is 0.437. The number of furan rings is 1. The number of hydrogen-bond donors (Lipinski definition) is 0. The van der Waals surface area contributed by atoms with Gasteiger partial charge in [-0.15, -0.1) is 0 Å². The first-order valence-electron chi connectivity index (χ1n) is 10.2. The molecule has 0 saturated carbocycles. The fourth-order valence-electron chi connectivity index (χ4n) is 3.19. The molecule has 2 heterocycles. The van der Waals surface area contributed by atoms with Crippen LogP contribution in [0.1, 0.15) is 69.6 Å². The summed E-state index contributed by atoms with van der Waals surface area (Å²) < 4.78 is 11.6. The first-order valence-corrected chi connectivity index (χ1v) is 10.2. The highest BCUT2D eigenvalue weighted by Gasteiger charge is 2.08. The number of aromatic nitrogens is 2. The van der Waals surface area contributed by atoms with Gasteiger partial charge in [0.15, 0.2) is 0 Å². The number of nitrogens with zero attached hydrogens (tertiary/aromatic N) is 2. The summed E-state index contributed by atoms with van der Waals surface area (Å²) in [7, 11) is 0. The van der Waals surface area contributed by atoms with Crippen molar-refractivity contribution in [2.24, 2.45) is 0 Å². The van der Waals surface area contributed by atoms with Gasteiger partial charge in [0.2, 0.25) is 5.71 Å². The number of fused-ring (bicyclic) bond motifs is 1. The summed E-state index contributed by atoms with van der Waals surface area (Å²) in [5.74, 6) is 1.71. The number of unbranched alkanes of at least 4 members (excludes halogenated alkanes) is 7. The molecule has 0 N–H and O–H groups in total. The van der Waals surface area contributed by atoms with Gasteiger partial charge in [0.1, 0.15) is 11.5 Å². The molecule has 0 radical (unpaired) electrons. The minimum absolute atomic E-state index is 0.319. The van der Waals surface area contributed by atoms with Crippen molar-refractivity contribution in [2.45, 2.75) is 71.6 Å². The third kappa shape index (κ3) is 6.09. The summed E-state index contributed by atoms with van der Waals surface area (Å²) in [6.45, 7) is 4.30. The second-order valence-electron chi connectivity index (χ2n) is 7.27. The Kier molecular flexibility index (Phi) is 7.26. The third-order valence-electron chi connectivity index (χ3n) is 4.81. The SMILES string of the molecule is CCCCCCCCCCc1cc2cnc(Oc3ccc(C)cc3)nc2o1. The predicted molar refractivity (Wildman–Crippen MR) is 109 cm³/mol. The fourth-order valence-corrected chi connectivity index (χ4v) is 3.19. The fraction of sp³-hybridized carbons (Fsp3) is 0.478. The van der Waals surface area contributed by atoms with Crippen LogP contribution in [0, 0.1) is 6.92 Å². The Labute approximate surface area is 162 Å². The Balaban J connectivity index is 1.48. The summed E-state index contributed by atoms with van der Waals surface area (Å²) in [5.41, 5.74) is 1.79. The third-order valence-corrected chi connectivity index (χ3v) is 4.81. The molecule has 3 aromatic rings. The van der Waals surface area contributed by atoms with Gasteiger partial charge in [-0.05, 0) is 31.5 Å². The summed E-state index contributed by atoms with van der Waals surface area (Å²) >= 11 is 0. The molecule has 4 heteroatoms. The molecule has 0 bridgehead atoms. The lowest BCUT2D eigenvalue weighted by Gasteiger charge is -2.03. The second-order valence-corrected chi connectivity index (χ2v) is 7.27. The maximum Gasteiger partial charge on any atom is 0.325 e. The van der Waals surface area contributed by atoms with Gasteiger partial charge >= 0.3 is 6.01 Å². The highest BCUT2D eigenvalue weighted by molar-refractivity contribution is 5.73. The molecule has 0 fully saturated rings. The van der Waals surface area contributed by atoms with Gasteiger partial charge in [-0.25, -0.2) is 4.98 Å². The molecule has 2 aromatic heterocycles. The Morgan fingerprint density at radius 2 is 1.63 bits per heavy atom. The van der Waals surface area contributed by atoms with E-state index in [2.05, 4.69) is 16.9 Å². The molecule has 1 aromatic carbocycles. The van der Waals surface area contributed by atoms with Gasteiger partial charge in [0, 0.05) is 12.6 Å². The second kappa shape index (κ2) is 10.1. The largest absolute Gasteiger partial charge is 0.443 e. The molecule has 0 saturated heterocycles. The highest BCUT2D eigenvalue weighted by atomic mass is 16.5. The van der Waals surface area contributed by atoms with Crippen molar-refractivity contribution >= 4 is 11.1 Å². The van der Waals surface area contributed by atoms with Crippen LogP contribution >= 0.6 is 0 Å². The average molecular weight is 367 g/mol. The summed E-state index contributed by atoms with van der Waals surface area (Å²) in [4.78, 5) is 8.69. The molecular weight excluding hydrogens is 336 g/mol. The summed E-state index contributed by atoms with van der Waals surface area (Å²) in [6.07, 6.45) is 13.3. The van der Waals surface area contributed by atoms with E-state index in [4.69, 9.17) is 9.15 Å². The normalized spacial score (nSPS) is 11.2. The maximum atomic E-state index is 5.89. The molecule has 0 unspecified atom stereocenters. The van der Waals surface area contributed by atoms with Crippen molar-refractivity contribution in [3.05, 3.63) is 47.9 Å². The minimum Gasteiger partial charge on any atom is -0.443 e. The number of rotatable bonds is 11. The Morgan fingerprint density at radius 1 is 0.926 bits per heavy atom. The summed E-state index contributed by atoms with van der Waals surface area (Å²) in [6, 6.07) is 10.2. The molecular formula is C23H30N2O2. The lowest BCUT2D eigenvalue weighted by atomic mass is 10.1. The molecule has 0 aliphatic carbocycles. The van der Waals surface area contributed by atoms with E-state index in [-0.39, 0.29) is 0 Å². The Morgan fingerprint density at radius 3 is 2.37 bits per heavy atom. The number of benzene rings is 1. The predicted octanol–water partition coefficient (Wildman–Crippen LogP) is 7.01. The van der Waals surface area contributed by atoms with Crippen molar-refractivity contribution in [3.8, 4) is 11.8 Å². The topological polar surface area (TPSA) is 48.2 Å². The van der Waals surface area contributed by atoms with E-state index in [9.17, 15) is 0 Å². The van der Waals surface area contributed by atoms with Crippen LogP contribution in [0.4, 0.5) is 0 Å². The van der Waals surface area contributed by atoms with Gasteiger partial charge in [-0.1, -0.05) is 69.6 Å². The van der Waals surface area contributed by atoms with Crippen LogP contribution in [0.2, 0.25) is 0 Å². The average Bonchev–Trinajstić information content (AvgIpc) is 3.08. The molecule has 0 amide bonds. The van der Waals surface area contributed by atoms with Gasteiger partial charge in [0.05, 0.1) is 5.39 Å². The molecule has 27 heavy (non-hydrogen) atoms. The molecule has 0 atom stereocenters. The van der Waals surface area contributed by atoms with Crippen LogP contribution in [0.15, 0.2) is 40.9 Å². The Hall–Kier alpha value is -2.36. The van der Waals surface area contributed by atoms with Crippen LogP contribution in [0.3, 0.4) is 0 Å². The molecule has 0 aliphatic heterocycles. The van der Waals surface area contributed by atoms with Crippen LogP contribution < -0.4 is 4.74 Å². The molecule has 3 rings (SSSR count). The van der Waals surface area contributed by atoms with E-state index >= 15 is 0 Å². The van der Waals surface area contributed by atoms with E-state index in [1.54, 1.807) is 6.20 Å². The van der Waals surface area contributed by atoms with E-state index in [1.165, 1.54) is 50.5 Å². The smallest absolute Gasteiger partial charge is 0.325 e. The molecule has 144 valence electrons. The zero-order valence-electron chi connectivity index (χ0n) is 16.5. The minimum atomic E-state index is 0.319. The first-order chi connectivity index (χ1) is 13.2. The number of aryl methyl sites for hydroxylation is 2. The van der Waals surface area contributed by atoms with E-state index < -0.39 is 0 Å². The van der Waals surface area contributed by atoms with Crippen molar-refractivity contribution in [2.75, 3.05) is 0 Å². The molecule has 4 nitrogen and oxygen atoms in total. The number of hydrogen-bond acceptors (Lipinski definition) is 4. The Bertz CT molecular complexity index is 824. The number of ether oxygens (including phenoxy) is 1. The van der Waals surface area contributed by atoms with Crippen LogP contribution in [-0.2, 0) is 6.42 Å². The molecule has 0 aliphatic rings. The summed E-state index contributed by atoms with van der Waals surface area (Å²) in [5, 5.41) is 0.931. The van der Waals surface area contributed by atoms with Crippen molar-refractivity contribution in [3.63, 3.8) is 0 Å². The monoisotopic (exact) mass is 366 g/mol. The van der Waals surface area contributed by atoms with Crippen molar-refractivity contribution < 1.29 is 9.15 Å². The van der Waals surface area contributed by atoms with Crippen LogP contribution in [0.5, 0.6) is 11.8 Å². The van der Waals surface area contributed by atoms with Gasteiger partial charge in [-0.3, -0.25) is 0 Å². The van der Waals surface area contributed by atoms with Gasteiger partial charge in [-0.2, -0.15) is 4.98 Å². The quantitative estimate of drug-likeness (QED) is 0.343. The van der Waals surface area contributed by atoms with E-state index in [1.807, 2.05) is 37.3 Å². The van der Waals surface area contributed by atoms with Crippen LogP contribution in [0.25, 0.3) is 11.1 Å². The first kappa shape index (κ1) is 19.4. The van der Waals surface area contributed by atoms with E-state index in [0.29, 0.717) is 11.7 Å². The zero-order valence-corrected chi connectivity index (χ0v) is 16.5. The molecule has 0 spiro atoms. The van der Waals surface area contributed by atoms with Gasteiger partial charge < -0.3 is 9.15 Å². The lowest BCUT2D eigenvalue weighted by Crippen LogP contribution is -1.90.